The summed E-state index contributed by atoms with van der Waals surface area (Å²) < 4.78 is 0. The molecule has 0 radical (unpaired) electrons. The molecule has 2 fully saturated rings. The fraction of sp³-hybridized carbons (Fsp3) is 0.474. The number of nitrogens with zero attached hydrogens (tertiary/aromatic N) is 1. The topological polar surface area (TPSA) is 42.0 Å². The molecule has 3 nitrogen and oxygen atoms in total. The molecule has 0 bridgehead atoms. The van der Waals surface area contributed by atoms with Crippen LogP contribution in [0, 0.1) is 25.7 Å². The number of benzene rings is 1. The normalized spacial score (nSPS) is 29.0. The van der Waals surface area contributed by atoms with Gasteiger partial charge in [-0.3, -0.25) is 4.79 Å². The largest absolute Gasteiger partial charge is 0.348 e. The van der Waals surface area contributed by atoms with Gasteiger partial charge in [0.15, 0.2) is 0 Å². The molecule has 4 heteroatoms. The van der Waals surface area contributed by atoms with E-state index >= 15 is 0 Å². The molecule has 4 atom stereocenters. The van der Waals surface area contributed by atoms with Gasteiger partial charge >= 0.3 is 0 Å². The van der Waals surface area contributed by atoms with E-state index in [4.69, 9.17) is 0 Å². The zero-order chi connectivity index (χ0) is 16.0. The molecule has 2 aliphatic carbocycles. The maximum atomic E-state index is 12.7. The number of aryl methyl sites for hydroxylation is 2. The van der Waals surface area contributed by atoms with Crippen molar-refractivity contribution in [2.24, 2.45) is 11.8 Å². The van der Waals surface area contributed by atoms with Gasteiger partial charge in [-0.2, -0.15) is 0 Å². The zero-order valence-electron chi connectivity index (χ0n) is 13.6. The summed E-state index contributed by atoms with van der Waals surface area (Å²) in [5.74, 6) is 1.93. The van der Waals surface area contributed by atoms with E-state index < -0.39 is 0 Å². The minimum atomic E-state index is 0.0596. The lowest BCUT2D eigenvalue weighted by molar-refractivity contribution is 0.0694. The van der Waals surface area contributed by atoms with Gasteiger partial charge in [-0.25, -0.2) is 4.98 Å². The first kappa shape index (κ1) is 14.9. The van der Waals surface area contributed by atoms with Gasteiger partial charge in [0.1, 0.15) is 4.88 Å². The predicted octanol–water partition coefficient (Wildman–Crippen LogP) is 4.07. The van der Waals surface area contributed by atoms with E-state index in [0.29, 0.717) is 11.8 Å². The summed E-state index contributed by atoms with van der Waals surface area (Å²) in [5, 5.41) is 4.30. The van der Waals surface area contributed by atoms with Crippen LogP contribution in [0.25, 0.3) is 0 Å². The third-order valence-electron chi connectivity index (χ3n) is 5.53. The number of carbonyl (C=O) groups is 1. The Hall–Kier alpha value is -1.68. The summed E-state index contributed by atoms with van der Waals surface area (Å²) >= 11 is 1.50. The molecule has 1 heterocycles. The highest BCUT2D eigenvalue weighted by Crippen LogP contribution is 2.56. The van der Waals surface area contributed by atoms with Crippen molar-refractivity contribution >= 4 is 17.2 Å². The molecule has 0 aliphatic heterocycles. The number of hydrogen-bond donors (Lipinski definition) is 1. The molecular weight excluding hydrogens is 304 g/mol. The standard InChI is InChI=1S/C19H22N2OS/c1-11-18(23-12(2)20-11)19(22)21-17-15-10-6-9-14(15)16(17)13-7-4-3-5-8-13/h3-5,7-8,14-17H,6,9-10H2,1-2H3,(H,21,22). The Bertz CT molecular complexity index is 724. The fourth-order valence-electron chi connectivity index (χ4n) is 4.58. The van der Waals surface area contributed by atoms with Gasteiger partial charge in [0, 0.05) is 12.0 Å². The van der Waals surface area contributed by atoms with E-state index in [-0.39, 0.29) is 11.9 Å². The van der Waals surface area contributed by atoms with Crippen molar-refractivity contribution in [2.45, 2.75) is 45.1 Å². The smallest absolute Gasteiger partial charge is 0.263 e. The van der Waals surface area contributed by atoms with Crippen LogP contribution in [0.1, 0.15) is 51.1 Å². The summed E-state index contributed by atoms with van der Waals surface area (Å²) in [6.07, 6.45) is 3.85. The Kier molecular flexibility index (Phi) is 3.72. The summed E-state index contributed by atoms with van der Waals surface area (Å²) in [5.41, 5.74) is 2.22. The molecule has 2 saturated carbocycles. The Morgan fingerprint density at radius 3 is 2.61 bits per heavy atom. The highest BCUT2D eigenvalue weighted by Gasteiger charge is 2.53. The SMILES string of the molecule is Cc1nc(C)c(C(=O)NC2C3CCCC3C2c2ccccc2)s1. The molecule has 23 heavy (non-hydrogen) atoms. The van der Waals surface area contributed by atoms with Gasteiger partial charge < -0.3 is 5.32 Å². The van der Waals surface area contributed by atoms with Gasteiger partial charge in [-0.15, -0.1) is 11.3 Å². The quantitative estimate of drug-likeness (QED) is 0.924. The lowest BCUT2D eigenvalue weighted by atomic mass is 9.60. The van der Waals surface area contributed by atoms with Crippen LogP contribution >= 0.6 is 11.3 Å². The first-order valence-corrected chi connectivity index (χ1v) is 9.26. The summed E-state index contributed by atoms with van der Waals surface area (Å²) in [6, 6.07) is 11.0. The average molecular weight is 326 g/mol. The van der Waals surface area contributed by atoms with Gasteiger partial charge in [0.2, 0.25) is 0 Å². The number of fused-ring (bicyclic) bond motifs is 1. The summed E-state index contributed by atoms with van der Waals surface area (Å²) in [4.78, 5) is 17.9. The van der Waals surface area contributed by atoms with E-state index in [1.807, 2.05) is 13.8 Å². The molecular formula is C19H22N2OS. The van der Waals surface area contributed by atoms with Gasteiger partial charge in [0.25, 0.3) is 5.91 Å². The minimum absolute atomic E-state index is 0.0596. The third-order valence-corrected chi connectivity index (χ3v) is 6.60. The molecule has 4 unspecified atom stereocenters. The maximum absolute atomic E-state index is 12.7. The van der Waals surface area contributed by atoms with Gasteiger partial charge in [-0.1, -0.05) is 36.8 Å². The van der Waals surface area contributed by atoms with Crippen molar-refractivity contribution in [3.63, 3.8) is 0 Å². The number of thiazole rings is 1. The molecule has 0 saturated heterocycles. The molecule has 2 aromatic rings. The van der Waals surface area contributed by atoms with Crippen LogP contribution in [0.2, 0.25) is 0 Å². The number of amides is 1. The van der Waals surface area contributed by atoms with Crippen molar-refractivity contribution in [3.8, 4) is 0 Å². The van der Waals surface area contributed by atoms with Crippen LogP contribution in [0.4, 0.5) is 0 Å². The number of aromatic nitrogens is 1. The van der Waals surface area contributed by atoms with Gasteiger partial charge in [0.05, 0.1) is 10.7 Å². The second-order valence-corrected chi connectivity index (χ2v) is 8.04. The number of nitrogens with one attached hydrogen (secondary N) is 1. The van der Waals surface area contributed by atoms with E-state index in [2.05, 4.69) is 40.6 Å². The first-order valence-electron chi connectivity index (χ1n) is 8.45. The maximum Gasteiger partial charge on any atom is 0.263 e. The summed E-state index contributed by atoms with van der Waals surface area (Å²) in [7, 11) is 0. The molecule has 1 aromatic heterocycles. The van der Waals surface area contributed by atoms with E-state index in [1.165, 1.54) is 36.2 Å². The highest BCUT2D eigenvalue weighted by molar-refractivity contribution is 7.13. The second-order valence-electron chi connectivity index (χ2n) is 6.84. The second kappa shape index (κ2) is 5.75. The van der Waals surface area contributed by atoms with Crippen LogP contribution in [0.3, 0.4) is 0 Å². The Morgan fingerprint density at radius 1 is 1.17 bits per heavy atom. The van der Waals surface area contributed by atoms with Crippen LogP contribution < -0.4 is 5.32 Å². The Morgan fingerprint density at radius 2 is 1.91 bits per heavy atom. The minimum Gasteiger partial charge on any atom is -0.348 e. The predicted molar refractivity (Wildman–Crippen MR) is 92.9 cm³/mol. The van der Waals surface area contributed by atoms with Crippen molar-refractivity contribution in [2.75, 3.05) is 0 Å². The van der Waals surface area contributed by atoms with Gasteiger partial charge in [-0.05, 0) is 44.1 Å². The third kappa shape index (κ3) is 2.49. The fourth-order valence-corrected chi connectivity index (χ4v) is 5.40. The number of hydrogen-bond acceptors (Lipinski definition) is 3. The van der Waals surface area contributed by atoms with Crippen molar-refractivity contribution in [1.29, 1.82) is 0 Å². The summed E-state index contributed by atoms with van der Waals surface area (Å²) in [6.45, 7) is 3.88. The van der Waals surface area contributed by atoms with Crippen LogP contribution in [-0.2, 0) is 0 Å². The van der Waals surface area contributed by atoms with E-state index in [0.717, 1.165) is 21.5 Å². The van der Waals surface area contributed by atoms with Crippen molar-refractivity contribution in [1.82, 2.24) is 10.3 Å². The number of carbonyl (C=O) groups excluding carboxylic acids is 1. The lowest BCUT2D eigenvalue weighted by Gasteiger charge is -2.49. The Labute approximate surface area is 141 Å². The lowest BCUT2D eigenvalue weighted by Crippen LogP contribution is -2.56. The van der Waals surface area contributed by atoms with Crippen molar-refractivity contribution in [3.05, 3.63) is 51.5 Å². The molecule has 2 aliphatic rings. The molecule has 1 amide bonds. The molecule has 120 valence electrons. The van der Waals surface area contributed by atoms with Crippen molar-refractivity contribution < 1.29 is 4.79 Å². The molecule has 4 rings (SSSR count). The molecule has 1 N–H and O–H groups in total. The van der Waals surface area contributed by atoms with Crippen LogP contribution in [0.15, 0.2) is 30.3 Å². The average Bonchev–Trinajstić information content (AvgIpc) is 3.09. The monoisotopic (exact) mass is 326 g/mol. The molecule has 0 spiro atoms. The Balaban J connectivity index is 1.57. The first-order chi connectivity index (χ1) is 11.1. The zero-order valence-corrected chi connectivity index (χ0v) is 14.4. The highest BCUT2D eigenvalue weighted by atomic mass is 32.1. The van der Waals surface area contributed by atoms with E-state index in [1.54, 1.807) is 0 Å². The molecule has 1 aromatic carbocycles. The van der Waals surface area contributed by atoms with Crippen LogP contribution in [-0.4, -0.2) is 16.9 Å². The van der Waals surface area contributed by atoms with E-state index in [9.17, 15) is 4.79 Å². The number of rotatable bonds is 3. The van der Waals surface area contributed by atoms with Crippen LogP contribution in [0.5, 0.6) is 0 Å².